The number of hydrogen-bond donors (Lipinski definition) is 0. The summed E-state index contributed by atoms with van der Waals surface area (Å²) in [6.07, 6.45) is 0.989. The van der Waals surface area contributed by atoms with Gasteiger partial charge in [-0.1, -0.05) is 19.1 Å². The zero-order chi connectivity index (χ0) is 14.4. The third-order valence-electron chi connectivity index (χ3n) is 3.20. The number of ether oxygens (including phenoxy) is 2. The third-order valence-corrected chi connectivity index (χ3v) is 4.44. The van der Waals surface area contributed by atoms with E-state index >= 15 is 0 Å². The molecule has 0 N–H and O–H groups in total. The van der Waals surface area contributed by atoms with E-state index in [2.05, 4.69) is 13.0 Å². The van der Waals surface area contributed by atoms with Crippen molar-refractivity contribution in [3.05, 3.63) is 24.3 Å². The van der Waals surface area contributed by atoms with Crippen molar-refractivity contribution in [2.75, 3.05) is 38.4 Å². The van der Waals surface area contributed by atoms with Crippen LogP contribution in [0.1, 0.15) is 13.3 Å². The molecule has 1 heterocycles. The summed E-state index contributed by atoms with van der Waals surface area (Å²) in [6.45, 7) is 4.01. The van der Waals surface area contributed by atoms with E-state index in [0.29, 0.717) is 18.5 Å². The highest BCUT2D eigenvalue weighted by Crippen LogP contribution is 2.37. The first-order chi connectivity index (χ1) is 9.72. The first-order valence-electron chi connectivity index (χ1n) is 6.85. The van der Waals surface area contributed by atoms with Gasteiger partial charge in [0.1, 0.15) is 6.61 Å². The summed E-state index contributed by atoms with van der Waals surface area (Å²) in [5.74, 6) is 0.0169. The van der Waals surface area contributed by atoms with Gasteiger partial charge in [-0.15, -0.1) is 11.8 Å². The fraction of sp³-hybridized carbons (Fsp3) is 0.533. The van der Waals surface area contributed by atoms with E-state index in [1.54, 1.807) is 7.11 Å². The lowest BCUT2D eigenvalue weighted by Gasteiger charge is -2.22. The van der Waals surface area contributed by atoms with Crippen molar-refractivity contribution in [2.24, 2.45) is 0 Å². The Labute approximate surface area is 124 Å². The molecule has 0 bridgehead atoms. The summed E-state index contributed by atoms with van der Waals surface area (Å²) >= 11 is 1.83. The molecule has 1 unspecified atom stereocenters. The normalized spacial score (nSPS) is 18.5. The summed E-state index contributed by atoms with van der Waals surface area (Å²) < 4.78 is 10.3. The maximum Gasteiger partial charge on any atom is 0.253 e. The second-order valence-electron chi connectivity index (χ2n) is 4.78. The van der Waals surface area contributed by atoms with Gasteiger partial charge in [0.15, 0.2) is 0 Å². The Hall–Kier alpha value is -1.04. The molecule has 0 spiro atoms. The topological polar surface area (TPSA) is 38.8 Å². The quantitative estimate of drug-likeness (QED) is 0.783. The summed E-state index contributed by atoms with van der Waals surface area (Å²) in [7, 11) is 1.62. The van der Waals surface area contributed by atoms with Gasteiger partial charge in [-0.2, -0.15) is 0 Å². The van der Waals surface area contributed by atoms with Crippen LogP contribution in [0.2, 0.25) is 0 Å². The fourth-order valence-electron chi connectivity index (χ4n) is 2.13. The van der Waals surface area contributed by atoms with Gasteiger partial charge in [0.05, 0.1) is 18.9 Å². The second kappa shape index (κ2) is 7.67. The fourth-order valence-corrected chi connectivity index (χ4v) is 3.24. The molecule has 5 heteroatoms. The number of carbonyl (C=O) groups excluding carboxylic acids is 1. The Kier molecular flexibility index (Phi) is 5.88. The highest BCUT2D eigenvalue weighted by molar-refractivity contribution is 8.00. The summed E-state index contributed by atoms with van der Waals surface area (Å²) in [5, 5.41) is 0.517. The Morgan fingerprint density at radius 3 is 3.00 bits per heavy atom. The average molecular weight is 295 g/mol. The molecular weight excluding hydrogens is 274 g/mol. The molecule has 1 aromatic carbocycles. The number of fused-ring (bicyclic) bond motifs is 1. The zero-order valence-electron chi connectivity index (χ0n) is 12.0. The van der Waals surface area contributed by atoms with Crippen molar-refractivity contribution in [3.63, 3.8) is 0 Å². The monoisotopic (exact) mass is 295 g/mol. The van der Waals surface area contributed by atoms with Crippen LogP contribution in [-0.4, -0.2) is 44.6 Å². The standard InChI is InChI=1S/C15H21NO3S/c1-12-7-8-16(15(17)11-19-10-9-18-2)13-5-3-4-6-14(13)20-12/h3-6,12H,7-11H2,1-2H3. The van der Waals surface area contributed by atoms with Crippen LogP contribution in [0.5, 0.6) is 0 Å². The highest BCUT2D eigenvalue weighted by Gasteiger charge is 2.23. The Morgan fingerprint density at radius 2 is 2.20 bits per heavy atom. The van der Waals surface area contributed by atoms with E-state index in [4.69, 9.17) is 9.47 Å². The molecule has 0 saturated carbocycles. The first kappa shape index (κ1) is 15.4. The van der Waals surface area contributed by atoms with Gasteiger partial charge in [0, 0.05) is 23.8 Å². The summed E-state index contributed by atoms with van der Waals surface area (Å²) in [6, 6.07) is 8.07. The van der Waals surface area contributed by atoms with Crippen LogP contribution in [0.15, 0.2) is 29.2 Å². The molecule has 1 aliphatic heterocycles. The van der Waals surface area contributed by atoms with E-state index in [1.165, 1.54) is 4.90 Å². The molecule has 1 atom stereocenters. The molecule has 110 valence electrons. The van der Waals surface area contributed by atoms with Crippen LogP contribution < -0.4 is 4.90 Å². The average Bonchev–Trinajstić information content (AvgIpc) is 2.61. The van der Waals surface area contributed by atoms with Gasteiger partial charge in [0.2, 0.25) is 0 Å². The molecule has 0 fully saturated rings. The number of thioether (sulfide) groups is 1. The van der Waals surface area contributed by atoms with Crippen LogP contribution in [0.4, 0.5) is 5.69 Å². The van der Waals surface area contributed by atoms with E-state index < -0.39 is 0 Å². The predicted octanol–water partition coefficient (Wildman–Crippen LogP) is 2.57. The van der Waals surface area contributed by atoms with Crippen LogP contribution in [0.25, 0.3) is 0 Å². The number of rotatable bonds is 5. The second-order valence-corrected chi connectivity index (χ2v) is 6.26. The van der Waals surface area contributed by atoms with Crippen LogP contribution in [0, 0.1) is 0 Å². The highest BCUT2D eigenvalue weighted by atomic mass is 32.2. The van der Waals surface area contributed by atoms with E-state index in [0.717, 1.165) is 18.7 Å². The molecule has 1 aromatic rings. The Morgan fingerprint density at radius 1 is 1.40 bits per heavy atom. The lowest BCUT2D eigenvalue weighted by atomic mass is 10.2. The third kappa shape index (κ3) is 3.98. The molecule has 2 rings (SSSR count). The van der Waals surface area contributed by atoms with Gasteiger partial charge >= 0.3 is 0 Å². The Bertz CT molecular complexity index is 452. The SMILES string of the molecule is COCCOCC(=O)N1CCC(C)Sc2ccccc21. The number of para-hydroxylation sites is 1. The zero-order valence-corrected chi connectivity index (χ0v) is 12.8. The van der Waals surface area contributed by atoms with Crippen LogP contribution >= 0.6 is 11.8 Å². The van der Waals surface area contributed by atoms with E-state index in [-0.39, 0.29) is 12.5 Å². The number of carbonyl (C=O) groups is 1. The number of nitrogens with zero attached hydrogens (tertiary/aromatic N) is 1. The van der Waals surface area contributed by atoms with Gasteiger partial charge in [-0.3, -0.25) is 4.79 Å². The van der Waals surface area contributed by atoms with Gasteiger partial charge in [-0.05, 0) is 18.6 Å². The van der Waals surface area contributed by atoms with Gasteiger partial charge in [-0.25, -0.2) is 0 Å². The molecule has 0 aromatic heterocycles. The Balaban J connectivity index is 2.05. The molecule has 1 aliphatic rings. The lowest BCUT2D eigenvalue weighted by molar-refractivity contribution is -0.123. The maximum atomic E-state index is 12.3. The smallest absolute Gasteiger partial charge is 0.253 e. The van der Waals surface area contributed by atoms with Crippen molar-refractivity contribution in [1.29, 1.82) is 0 Å². The van der Waals surface area contributed by atoms with Crippen LogP contribution in [-0.2, 0) is 14.3 Å². The minimum atomic E-state index is 0.0169. The maximum absolute atomic E-state index is 12.3. The van der Waals surface area contributed by atoms with Crippen molar-refractivity contribution in [2.45, 2.75) is 23.5 Å². The predicted molar refractivity (Wildman–Crippen MR) is 81.4 cm³/mol. The van der Waals surface area contributed by atoms with E-state index in [9.17, 15) is 4.79 Å². The van der Waals surface area contributed by atoms with Crippen molar-refractivity contribution in [3.8, 4) is 0 Å². The minimum Gasteiger partial charge on any atom is -0.382 e. The largest absolute Gasteiger partial charge is 0.382 e. The molecule has 4 nitrogen and oxygen atoms in total. The number of hydrogen-bond acceptors (Lipinski definition) is 4. The van der Waals surface area contributed by atoms with Crippen molar-refractivity contribution < 1.29 is 14.3 Å². The molecule has 0 aliphatic carbocycles. The van der Waals surface area contributed by atoms with E-state index in [1.807, 2.05) is 34.9 Å². The number of amides is 1. The molecular formula is C15H21NO3S. The van der Waals surface area contributed by atoms with Crippen molar-refractivity contribution in [1.82, 2.24) is 0 Å². The minimum absolute atomic E-state index is 0.0169. The van der Waals surface area contributed by atoms with Gasteiger partial charge < -0.3 is 14.4 Å². The molecule has 0 saturated heterocycles. The molecule has 20 heavy (non-hydrogen) atoms. The molecule has 1 amide bonds. The van der Waals surface area contributed by atoms with Gasteiger partial charge in [0.25, 0.3) is 5.91 Å². The first-order valence-corrected chi connectivity index (χ1v) is 7.73. The number of anilines is 1. The number of methoxy groups -OCH3 is 1. The van der Waals surface area contributed by atoms with Crippen molar-refractivity contribution >= 4 is 23.4 Å². The van der Waals surface area contributed by atoms with Crippen LogP contribution in [0.3, 0.4) is 0 Å². The summed E-state index contributed by atoms with van der Waals surface area (Å²) in [4.78, 5) is 15.3. The summed E-state index contributed by atoms with van der Waals surface area (Å²) in [5.41, 5.74) is 1.00. The molecule has 0 radical (unpaired) electrons. The lowest BCUT2D eigenvalue weighted by Crippen LogP contribution is -2.35. The number of benzene rings is 1.